The number of nitrogens with zero attached hydrogens (tertiary/aromatic N) is 1. The van der Waals surface area contributed by atoms with Crippen LogP contribution in [0.3, 0.4) is 0 Å². The summed E-state index contributed by atoms with van der Waals surface area (Å²) in [6, 6.07) is 0. The van der Waals surface area contributed by atoms with Gasteiger partial charge in [-0.05, 0) is 30.4 Å². The molecule has 0 radical (unpaired) electrons. The predicted molar refractivity (Wildman–Crippen MR) is 50.6 cm³/mol. The van der Waals surface area contributed by atoms with Gasteiger partial charge < -0.3 is 0 Å². The summed E-state index contributed by atoms with van der Waals surface area (Å²) in [5, 5.41) is 0. The van der Waals surface area contributed by atoms with E-state index in [1.807, 2.05) is 13.2 Å². The monoisotopic (exact) mass is 157 g/mol. The summed E-state index contributed by atoms with van der Waals surface area (Å²) in [7, 11) is 0. The van der Waals surface area contributed by atoms with E-state index in [1.165, 1.54) is 11.9 Å². The van der Waals surface area contributed by atoms with E-state index in [9.17, 15) is 0 Å². The van der Waals surface area contributed by atoms with Crippen molar-refractivity contribution in [3.05, 3.63) is 12.2 Å². The molecule has 0 fully saturated rings. The third kappa shape index (κ3) is 3.06. The fraction of sp³-hybridized carbons (Fsp3) is 0.625. The van der Waals surface area contributed by atoms with Gasteiger partial charge in [-0.1, -0.05) is 20.4 Å². The van der Waals surface area contributed by atoms with Gasteiger partial charge in [0.15, 0.2) is 0 Å². The van der Waals surface area contributed by atoms with Crippen LogP contribution in [0, 0.1) is 5.92 Å². The van der Waals surface area contributed by atoms with Gasteiger partial charge in [0.1, 0.15) is 0 Å². The zero-order chi connectivity index (χ0) is 8.15. The molecule has 0 aromatic rings. The maximum Gasteiger partial charge on any atom is 0.0535 e. The Labute approximate surface area is 67.8 Å². The smallest absolute Gasteiger partial charge is 0.0535 e. The van der Waals surface area contributed by atoms with Crippen LogP contribution in [0.25, 0.3) is 0 Å². The Morgan fingerprint density at radius 1 is 1.50 bits per heavy atom. The standard InChI is InChI=1S/C8H15NS/c1-6(2)8(7(3)4)9-10-5/h7H,1H2,2-5H3. The lowest BCUT2D eigenvalue weighted by molar-refractivity contribution is 0.886. The zero-order valence-corrected chi connectivity index (χ0v) is 7.96. The summed E-state index contributed by atoms with van der Waals surface area (Å²) in [5.41, 5.74) is 2.19. The minimum Gasteiger partial charge on any atom is -0.221 e. The van der Waals surface area contributed by atoms with E-state index in [0.717, 1.165) is 11.3 Å². The van der Waals surface area contributed by atoms with Crippen LogP contribution in [0.4, 0.5) is 0 Å². The SMILES string of the molecule is C=C(C)C(=NSC)C(C)C. The minimum atomic E-state index is 0.491. The van der Waals surface area contributed by atoms with Crippen molar-refractivity contribution in [1.29, 1.82) is 0 Å². The van der Waals surface area contributed by atoms with E-state index < -0.39 is 0 Å². The zero-order valence-electron chi connectivity index (χ0n) is 7.14. The highest BCUT2D eigenvalue weighted by Gasteiger charge is 2.04. The van der Waals surface area contributed by atoms with E-state index in [0.29, 0.717) is 5.92 Å². The summed E-state index contributed by atoms with van der Waals surface area (Å²) < 4.78 is 4.26. The van der Waals surface area contributed by atoms with Crippen molar-refractivity contribution in [2.75, 3.05) is 6.26 Å². The maximum atomic E-state index is 4.26. The van der Waals surface area contributed by atoms with Gasteiger partial charge in [0.05, 0.1) is 5.71 Å². The van der Waals surface area contributed by atoms with Gasteiger partial charge in [-0.2, -0.15) is 0 Å². The Morgan fingerprint density at radius 2 is 2.00 bits per heavy atom. The number of rotatable bonds is 3. The first kappa shape index (κ1) is 9.76. The van der Waals surface area contributed by atoms with Crippen molar-refractivity contribution in [3.63, 3.8) is 0 Å². The van der Waals surface area contributed by atoms with Crippen molar-refractivity contribution in [2.45, 2.75) is 20.8 Å². The second-order valence-electron chi connectivity index (χ2n) is 2.59. The van der Waals surface area contributed by atoms with Crippen molar-refractivity contribution in [2.24, 2.45) is 10.3 Å². The topological polar surface area (TPSA) is 12.4 Å². The molecule has 0 atom stereocenters. The van der Waals surface area contributed by atoms with Crippen LogP contribution in [0.2, 0.25) is 0 Å². The van der Waals surface area contributed by atoms with Gasteiger partial charge in [0.2, 0.25) is 0 Å². The molecule has 2 heteroatoms. The van der Waals surface area contributed by atoms with E-state index in [2.05, 4.69) is 24.8 Å². The van der Waals surface area contributed by atoms with Crippen molar-refractivity contribution >= 4 is 17.7 Å². The Bertz CT molecular complexity index is 147. The Hall–Kier alpha value is -0.240. The van der Waals surface area contributed by atoms with Gasteiger partial charge in [-0.15, -0.1) is 0 Å². The summed E-state index contributed by atoms with van der Waals surface area (Å²) in [6.45, 7) is 10.1. The highest BCUT2D eigenvalue weighted by Crippen LogP contribution is 2.09. The molecule has 0 aromatic carbocycles. The molecule has 0 aliphatic heterocycles. The average Bonchev–Trinajstić information content (AvgIpc) is 1.81. The summed E-state index contributed by atoms with van der Waals surface area (Å²) >= 11 is 1.49. The summed E-state index contributed by atoms with van der Waals surface area (Å²) in [5.74, 6) is 0.491. The van der Waals surface area contributed by atoms with E-state index >= 15 is 0 Å². The van der Waals surface area contributed by atoms with Crippen LogP contribution in [0.1, 0.15) is 20.8 Å². The molecule has 0 aromatic heterocycles. The van der Waals surface area contributed by atoms with Gasteiger partial charge in [-0.3, -0.25) is 0 Å². The Morgan fingerprint density at radius 3 is 2.10 bits per heavy atom. The van der Waals surface area contributed by atoms with E-state index in [1.54, 1.807) is 0 Å². The van der Waals surface area contributed by atoms with Crippen molar-refractivity contribution in [1.82, 2.24) is 0 Å². The molecular weight excluding hydrogens is 142 g/mol. The molecule has 0 rings (SSSR count). The molecule has 0 amide bonds. The molecule has 1 nitrogen and oxygen atoms in total. The van der Waals surface area contributed by atoms with Crippen LogP contribution in [-0.2, 0) is 0 Å². The number of hydrogen-bond donors (Lipinski definition) is 0. The second-order valence-corrected chi connectivity index (χ2v) is 3.14. The van der Waals surface area contributed by atoms with Gasteiger partial charge >= 0.3 is 0 Å². The fourth-order valence-corrected chi connectivity index (χ4v) is 1.34. The maximum absolute atomic E-state index is 4.26. The molecule has 0 N–H and O–H groups in total. The third-order valence-electron chi connectivity index (χ3n) is 1.17. The van der Waals surface area contributed by atoms with Crippen LogP contribution in [0.15, 0.2) is 16.5 Å². The highest BCUT2D eigenvalue weighted by atomic mass is 32.2. The Balaban J connectivity index is 4.27. The molecule has 10 heavy (non-hydrogen) atoms. The van der Waals surface area contributed by atoms with E-state index in [-0.39, 0.29) is 0 Å². The average molecular weight is 157 g/mol. The van der Waals surface area contributed by atoms with Crippen LogP contribution < -0.4 is 0 Å². The molecule has 0 heterocycles. The quantitative estimate of drug-likeness (QED) is 0.453. The lowest BCUT2D eigenvalue weighted by Gasteiger charge is -2.07. The number of hydrogen-bond acceptors (Lipinski definition) is 2. The number of allylic oxidation sites excluding steroid dienone is 1. The van der Waals surface area contributed by atoms with Gasteiger partial charge in [0, 0.05) is 6.26 Å². The van der Waals surface area contributed by atoms with Crippen molar-refractivity contribution < 1.29 is 0 Å². The first-order valence-electron chi connectivity index (χ1n) is 3.36. The molecule has 0 bridgehead atoms. The third-order valence-corrected chi connectivity index (χ3v) is 1.55. The van der Waals surface area contributed by atoms with E-state index in [4.69, 9.17) is 0 Å². The second kappa shape index (κ2) is 4.56. The van der Waals surface area contributed by atoms with Crippen LogP contribution in [-0.4, -0.2) is 12.0 Å². The fourth-order valence-electron chi connectivity index (χ4n) is 0.774. The highest BCUT2D eigenvalue weighted by molar-refractivity contribution is 7.97. The molecule has 0 aliphatic carbocycles. The lowest BCUT2D eigenvalue weighted by atomic mass is 10.0. The van der Waals surface area contributed by atoms with Crippen molar-refractivity contribution in [3.8, 4) is 0 Å². The predicted octanol–water partition coefficient (Wildman–Crippen LogP) is 2.94. The lowest BCUT2D eigenvalue weighted by Crippen LogP contribution is -2.07. The molecule has 0 spiro atoms. The Kier molecular flexibility index (Phi) is 4.45. The summed E-state index contributed by atoms with van der Waals surface area (Å²) in [4.78, 5) is 0. The molecule has 0 saturated carbocycles. The van der Waals surface area contributed by atoms with Gasteiger partial charge in [-0.25, -0.2) is 4.40 Å². The minimum absolute atomic E-state index is 0.491. The molecule has 0 saturated heterocycles. The van der Waals surface area contributed by atoms with Gasteiger partial charge in [0.25, 0.3) is 0 Å². The first-order chi connectivity index (χ1) is 4.59. The molecule has 58 valence electrons. The largest absolute Gasteiger partial charge is 0.221 e. The first-order valence-corrected chi connectivity index (χ1v) is 4.54. The van der Waals surface area contributed by atoms with Crippen LogP contribution in [0.5, 0.6) is 0 Å². The summed E-state index contributed by atoms with van der Waals surface area (Å²) in [6.07, 6.45) is 1.96. The molecule has 0 unspecified atom stereocenters. The molecule has 0 aliphatic rings. The normalized spacial score (nSPS) is 12.3. The van der Waals surface area contributed by atoms with Crippen LogP contribution >= 0.6 is 11.9 Å². The molecular formula is C8H15NS.